The molecule has 0 aliphatic carbocycles. The summed E-state index contributed by atoms with van der Waals surface area (Å²) in [5, 5.41) is 6.01. The van der Waals surface area contributed by atoms with Crippen molar-refractivity contribution in [3.05, 3.63) is 54.4 Å². The Labute approximate surface area is 222 Å². The van der Waals surface area contributed by atoms with Crippen molar-refractivity contribution in [2.45, 2.75) is 67.2 Å². The molecule has 0 aliphatic rings. The molecule has 0 atom stereocenters. The Bertz CT molecular complexity index is 1010. The molecule has 2 rings (SSSR count). The lowest BCUT2D eigenvalue weighted by Gasteiger charge is -2.17. The maximum absolute atomic E-state index is 14.9. The molecule has 0 bridgehead atoms. The average Bonchev–Trinajstić information content (AvgIpc) is 2.84. The third-order valence-corrected chi connectivity index (χ3v) is 5.24. The van der Waals surface area contributed by atoms with Gasteiger partial charge in [-0.25, -0.2) is 4.39 Å². The van der Waals surface area contributed by atoms with Crippen molar-refractivity contribution in [3.63, 3.8) is 0 Å². The Hall–Kier alpha value is -3.19. The van der Waals surface area contributed by atoms with Crippen molar-refractivity contribution in [3.8, 4) is 5.75 Å². The van der Waals surface area contributed by atoms with Crippen molar-refractivity contribution >= 4 is 34.9 Å². The number of carbonyl (C=O) groups excluding carboxylic acids is 1. The van der Waals surface area contributed by atoms with Gasteiger partial charge in [-0.15, -0.1) is 0 Å². The molecule has 6 nitrogen and oxygen atoms in total. The second kappa shape index (κ2) is 16.5. The predicted octanol–water partition coefficient (Wildman–Crippen LogP) is 8.23. The number of benzene rings is 2. The van der Waals surface area contributed by atoms with Crippen molar-refractivity contribution in [1.82, 2.24) is 0 Å². The summed E-state index contributed by atoms with van der Waals surface area (Å²) in [6, 6.07) is 10.2. The minimum Gasteiger partial charge on any atom is -0.491 e. The maximum atomic E-state index is 14.9. The molecule has 0 radical (unpaired) electrons. The summed E-state index contributed by atoms with van der Waals surface area (Å²) in [5.74, 6) is -0.147. The van der Waals surface area contributed by atoms with Gasteiger partial charge in [-0.1, -0.05) is 54.0 Å². The van der Waals surface area contributed by atoms with Gasteiger partial charge in [0.1, 0.15) is 18.2 Å². The van der Waals surface area contributed by atoms with Crippen LogP contribution in [0.4, 0.5) is 21.5 Å². The lowest BCUT2D eigenvalue weighted by molar-refractivity contribution is -0.116. The Kier molecular flexibility index (Phi) is 14.2. The van der Waals surface area contributed by atoms with Gasteiger partial charge in [-0.2, -0.15) is 0 Å². The van der Waals surface area contributed by atoms with Crippen molar-refractivity contribution in [1.29, 1.82) is 0 Å². The van der Waals surface area contributed by atoms with Gasteiger partial charge < -0.3 is 20.1 Å². The fourth-order valence-corrected chi connectivity index (χ4v) is 3.02. The van der Waals surface area contributed by atoms with E-state index in [-0.39, 0.29) is 16.9 Å². The summed E-state index contributed by atoms with van der Waals surface area (Å²) < 4.78 is 25.4. The number of aliphatic imine (C=N–C) groups is 1. The molecule has 7 heteroatoms. The number of hydrogen-bond acceptors (Lipinski definition) is 5. The van der Waals surface area contributed by atoms with Gasteiger partial charge in [-0.3, -0.25) is 9.79 Å². The minimum atomic E-state index is -0.495. The first kappa shape index (κ1) is 31.8. The minimum absolute atomic E-state index is 0.0213. The van der Waals surface area contributed by atoms with Gasteiger partial charge in [0, 0.05) is 48.9 Å². The van der Waals surface area contributed by atoms with Crippen molar-refractivity contribution in [2.75, 3.05) is 31.0 Å². The standard InChI is InChI=1S/C26H34FN3O3.C4H10/c1-7-28-23-17-21(33-15-14-32-6)16-22(27)25(23)18(2)29-19-8-10-20(11-9-19)30-24(31)12-13-26(3,4)5;1-3-4-2/h7-11,16-17,29H,2,12-15H2,1,3-6H3,(H,30,31);3-4H2,1-2H3. The van der Waals surface area contributed by atoms with Crippen LogP contribution >= 0.6 is 0 Å². The molecule has 0 saturated carbocycles. The lowest BCUT2D eigenvalue weighted by Crippen LogP contribution is -2.15. The van der Waals surface area contributed by atoms with Crippen LogP contribution in [-0.2, 0) is 9.53 Å². The van der Waals surface area contributed by atoms with E-state index in [9.17, 15) is 9.18 Å². The van der Waals surface area contributed by atoms with E-state index in [0.717, 1.165) is 6.42 Å². The smallest absolute Gasteiger partial charge is 0.224 e. The monoisotopic (exact) mass is 513 g/mol. The molecule has 204 valence electrons. The van der Waals surface area contributed by atoms with E-state index in [0.29, 0.717) is 48.1 Å². The lowest BCUT2D eigenvalue weighted by atomic mass is 9.90. The fourth-order valence-electron chi connectivity index (χ4n) is 3.02. The number of carbonyl (C=O) groups is 1. The van der Waals surface area contributed by atoms with E-state index in [2.05, 4.69) is 56.8 Å². The van der Waals surface area contributed by atoms with Crippen LogP contribution in [0.25, 0.3) is 5.70 Å². The normalized spacial score (nSPS) is 11.0. The predicted molar refractivity (Wildman–Crippen MR) is 155 cm³/mol. The van der Waals surface area contributed by atoms with Gasteiger partial charge in [0.05, 0.1) is 17.9 Å². The number of rotatable bonds is 12. The highest BCUT2D eigenvalue weighted by Gasteiger charge is 2.16. The summed E-state index contributed by atoms with van der Waals surface area (Å²) >= 11 is 0. The molecule has 0 spiro atoms. The van der Waals surface area contributed by atoms with Crippen LogP contribution in [0.3, 0.4) is 0 Å². The molecule has 37 heavy (non-hydrogen) atoms. The number of methoxy groups -OCH3 is 1. The summed E-state index contributed by atoms with van der Waals surface area (Å²) in [6.45, 7) is 17.1. The summed E-state index contributed by atoms with van der Waals surface area (Å²) in [4.78, 5) is 16.4. The van der Waals surface area contributed by atoms with Gasteiger partial charge in [0.25, 0.3) is 0 Å². The summed E-state index contributed by atoms with van der Waals surface area (Å²) in [7, 11) is 1.57. The summed E-state index contributed by atoms with van der Waals surface area (Å²) in [6.07, 6.45) is 5.50. The zero-order valence-electron chi connectivity index (χ0n) is 23.5. The highest BCUT2D eigenvalue weighted by atomic mass is 19.1. The first-order valence-corrected chi connectivity index (χ1v) is 12.8. The molecule has 2 aromatic rings. The Morgan fingerprint density at radius 1 is 1.05 bits per heavy atom. The van der Waals surface area contributed by atoms with E-state index in [1.54, 1.807) is 50.6 Å². The van der Waals surface area contributed by atoms with Crippen molar-refractivity contribution in [2.24, 2.45) is 10.4 Å². The number of amides is 1. The SMILES string of the molecule is C=C(Nc1ccc(NC(=O)CCC(C)(C)C)cc1)c1c(F)cc(OCCOC)cc1N=CC.CCCC. The highest BCUT2D eigenvalue weighted by molar-refractivity contribution is 5.91. The van der Waals surface area contributed by atoms with Crippen LogP contribution in [-0.4, -0.2) is 32.4 Å². The Balaban J connectivity index is 0.00000159. The number of halogens is 1. The highest BCUT2D eigenvalue weighted by Crippen LogP contribution is 2.33. The van der Waals surface area contributed by atoms with Crippen LogP contribution in [0, 0.1) is 11.2 Å². The second-order valence-electron chi connectivity index (χ2n) is 9.82. The van der Waals surface area contributed by atoms with Gasteiger partial charge in [-0.05, 0) is 43.0 Å². The number of unbranched alkanes of at least 4 members (excludes halogenated alkanes) is 1. The molecule has 2 aromatic carbocycles. The number of nitrogens with zero attached hydrogens (tertiary/aromatic N) is 1. The molecule has 2 N–H and O–H groups in total. The van der Waals surface area contributed by atoms with Crippen LogP contribution in [0.2, 0.25) is 0 Å². The molecule has 1 amide bonds. The van der Waals surface area contributed by atoms with Crippen LogP contribution in [0.5, 0.6) is 5.75 Å². The van der Waals surface area contributed by atoms with E-state index < -0.39 is 5.82 Å². The number of anilines is 2. The molecule has 0 unspecified atom stereocenters. The number of hydrogen-bond donors (Lipinski definition) is 2. The topological polar surface area (TPSA) is 72.0 Å². The van der Waals surface area contributed by atoms with Gasteiger partial charge >= 0.3 is 0 Å². The third-order valence-electron chi connectivity index (χ3n) is 5.24. The first-order chi connectivity index (χ1) is 17.5. The van der Waals surface area contributed by atoms with E-state index in [1.807, 2.05) is 0 Å². The Morgan fingerprint density at radius 2 is 1.65 bits per heavy atom. The third kappa shape index (κ3) is 12.6. The largest absolute Gasteiger partial charge is 0.491 e. The molecular weight excluding hydrogens is 469 g/mol. The molecule has 0 fully saturated rings. The van der Waals surface area contributed by atoms with Crippen LogP contribution in [0.15, 0.2) is 48.0 Å². The Morgan fingerprint density at radius 3 is 2.16 bits per heavy atom. The number of ether oxygens (including phenoxy) is 2. The zero-order chi connectivity index (χ0) is 27.8. The van der Waals surface area contributed by atoms with Crippen LogP contribution in [0.1, 0.15) is 72.8 Å². The molecule has 0 heterocycles. The average molecular weight is 514 g/mol. The maximum Gasteiger partial charge on any atom is 0.224 e. The zero-order valence-corrected chi connectivity index (χ0v) is 23.5. The van der Waals surface area contributed by atoms with Crippen molar-refractivity contribution < 1.29 is 18.7 Å². The fraction of sp³-hybridized carbons (Fsp3) is 0.467. The van der Waals surface area contributed by atoms with E-state index >= 15 is 0 Å². The van der Waals surface area contributed by atoms with Crippen LogP contribution < -0.4 is 15.4 Å². The quantitative estimate of drug-likeness (QED) is 0.221. The second-order valence-corrected chi connectivity index (χ2v) is 9.82. The molecular formula is C30H44FN3O3. The molecule has 0 aliphatic heterocycles. The van der Waals surface area contributed by atoms with Gasteiger partial charge in [0.15, 0.2) is 0 Å². The summed E-state index contributed by atoms with van der Waals surface area (Å²) in [5.41, 5.74) is 2.54. The molecule has 0 saturated heterocycles. The van der Waals surface area contributed by atoms with Gasteiger partial charge in [0.2, 0.25) is 5.91 Å². The first-order valence-electron chi connectivity index (χ1n) is 12.8. The van der Waals surface area contributed by atoms with E-state index in [4.69, 9.17) is 9.47 Å². The molecule has 0 aromatic heterocycles. The van der Waals surface area contributed by atoms with E-state index in [1.165, 1.54) is 18.9 Å². The number of nitrogens with one attached hydrogen (secondary N) is 2.